The predicted molar refractivity (Wildman–Crippen MR) is 362 cm³/mol. The van der Waals surface area contributed by atoms with Gasteiger partial charge < -0.3 is 0 Å². The lowest BCUT2D eigenvalue weighted by molar-refractivity contribution is 0.794. The maximum Gasteiger partial charge on any atom is 0.0979 e. The Bertz CT molecular complexity index is 5620. The molecule has 3 heteroatoms. The molecule has 16 aromatic rings. The minimum atomic E-state index is -0.448. The molecule has 20 rings (SSSR count). The number of aromatic nitrogens is 2. The lowest BCUT2D eigenvalue weighted by atomic mass is 9.70. The van der Waals surface area contributed by atoms with E-state index in [2.05, 4.69) is 285 Å². The van der Waals surface area contributed by atoms with E-state index in [-0.39, 0.29) is 0 Å². The van der Waals surface area contributed by atoms with E-state index in [0.29, 0.717) is 0 Å². The summed E-state index contributed by atoms with van der Waals surface area (Å²) in [6.07, 6.45) is 1.98. The van der Waals surface area contributed by atoms with Crippen molar-refractivity contribution in [1.29, 1.82) is 0 Å². The Morgan fingerprint density at radius 2 is 0.598 bits per heavy atom. The molecule has 0 fully saturated rings. The van der Waals surface area contributed by atoms with Crippen LogP contribution < -0.4 is 0 Å². The molecule has 0 atom stereocenters. The van der Waals surface area contributed by atoms with Gasteiger partial charge in [-0.1, -0.05) is 237 Å². The number of hydrogen-bond acceptors (Lipinski definition) is 3. The summed E-state index contributed by atoms with van der Waals surface area (Å²) in [7, 11) is 0. The van der Waals surface area contributed by atoms with Gasteiger partial charge in [0.1, 0.15) is 0 Å². The van der Waals surface area contributed by atoms with Crippen LogP contribution in [0.25, 0.3) is 142 Å². The van der Waals surface area contributed by atoms with Gasteiger partial charge in [0.2, 0.25) is 0 Å². The second-order valence-corrected chi connectivity index (χ2v) is 25.2. The number of benzene rings is 14. The minimum absolute atomic E-state index is 0.443. The van der Waals surface area contributed by atoms with Crippen LogP contribution in [-0.4, -0.2) is 9.97 Å². The number of fused-ring (bicyclic) bond motifs is 29. The highest BCUT2D eigenvalue weighted by molar-refractivity contribution is 7.25. The van der Waals surface area contributed by atoms with Crippen molar-refractivity contribution in [3.8, 4) is 89.1 Å². The van der Waals surface area contributed by atoms with E-state index < -0.39 is 10.8 Å². The van der Waals surface area contributed by atoms with Crippen molar-refractivity contribution in [2.24, 2.45) is 0 Å². The Morgan fingerprint density at radius 1 is 0.230 bits per heavy atom. The molecule has 400 valence electrons. The zero-order valence-electron chi connectivity index (χ0n) is 47.0. The molecule has 0 aliphatic heterocycles. The summed E-state index contributed by atoms with van der Waals surface area (Å²) in [5.74, 6) is 0. The van der Waals surface area contributed by atoms with E-state index in [1.165, 1.54) is 126 Å². The first-order valence-corrected chi connectivity index (χ1v) is 31.0. The lowest BCUT2D eigenvalue weighted by Crippen LogP contribution is -2.25. The van der Waals surface area contributed by atoms with Crippen LogP contribution in [0.3, 0.4) is 0 Å². The predicted octanol–water partition coefficient (Wildman–Crippen LogP) is 21.7. The van der Waals surface area contributed by atoms with Crippen LogP contribution in [0.2, 0.25) is 0 Å². The number of hydrogen-bond donors (Lipinski definition) is 0. The fraction of sp³-hybridized carbons (Fsp3) is 0.0238. The van der Waals surface area contributed by atoms with Gasteiger partial charge in [-0.3, -0.25) is 4.98 Å². The average Bonchev–Trinajstić information content (AvgIpc) is 1.55. The highest BCUT2D eigenvalue weighted by Crippen LogP contribution is 2.65. The SMILES string of the molecule is c1cc(-c2ccc3sc4ccccc4c3c2)cc(-c2cnc3c4ccc(-c5ccc6c(c5)C5(c7ccccc7-c7ccccc75)c5ccccc5-6)cc4c4cc(-c5ccc6c(c5)C5(c7ccccc7-c7ccccc75)c5ccccc5-6)ccc4c3n2)c1. The van der Waals surface area contributed by atoms with E-state index in [9.17, 15) is 0 Å². The Labute approximate surface area is 506 Å². The van der Waals surface area contributed by atoms with Crippen LogP contribution in [0.4, 0.5) is 0 Å². The third-order valence-corrected chi connectivity index (χ3v) is 21.3. The van der Waals surface area contributed by atoms with Gasteiger partial charge in [-0.2, -0.15) is 0 Å². The molecule has 4 aliphatic rings. The molecule has 14 aromatic carbocycles. The van der Waals surface area contributed by atoms with Crippen molar-refractivity contribution in [2.45, 2.75) is 10.8 Å². The maximum atomic E-state index is 5.66. The first kappa shape index (κ1) is 47.5. The number of nitrogens with zero attached hydrogens (tertiary/aromatic N) is 2. The Kier molecular flexibility index (Phi) is 9.50. The lowest BCUT2D eigenvalue weighted by Gasteiger charge is -2.30. The van der Waals surface area contributed by atoms with E-state index in [1.807, 2.05) is 17.5 Å². The summed E-state index contributed by atoms with van der Waals surface area (Å²) in [6, 6.07) is 107. The van der Waals surface area contributed by atoms with Crippen LogP contribution in [-0.2, 0) is 10.8 Å². The van der Waals surface area contributed by atoms with Gasteiger partial charge in [-0.25, -0.2) is 4.98 Å². The molecule has 0 radical (unpaired) electrons. The molecular formula is C84H48N2S. The second-order valence-electron chi connectivity index (χ2n) is 24.2. The number of thiophene rings is 1. The molecule has 0 amide bonds. The monoisotopic (exact) mass is 1120 g/mol. The molecule has 2 spiro atoms. The van der Waals surface area contributed by atoms with E-state index >= 15 is 0 Å². The third kappa shape index (κ3) is 6.23. The fourth-order valence-corrected chi connectivity index (χ4v) is 17.6. The molecule has 0 saturated heterocycles. The van der Waals surface area contributed by atoms with Gasteiger partial charge in [-0.05, 0) is 182 Å². The summed E-state index contributed by atoms with van der Waals surface area (Å²) in [6.45, 7) is 0. The first-order chi connectivity index (χ1) is 43.1. The van der Waals surface area contributed by atoms with Gasteiger partial charge in [0.25, 0.3) is 0 Å². The van der Waals surface area contributed by atoms with Crippen molar-refractivity contribution in [1.82, 2.24) is 9.97 Å². The zero-order chi connectivity index (χ0) is 56.7. The summed E-state index contributed by atoms with van der Waals surface area (Å²) >= 11 is 1.85. The third-order valence-electron chi connectivity index (χ3n) is 20.1. The molecule has 87 heavy (non-hydrogen) atoms. The molecule has 4 aliphatic carbocycles. The molecular weight excluding hydrogens is 1070 g/mol. The Balaban J connectivity index is 0.792. The van der Waals surface area contributed by atoms with E-state index in [0.717, 1.165) is 60.5 Å². The molecule has 0 bridgehead atoms. The summed E-state index contributed by atoms with van der Waals surface area (Å²) < 4.78 is 2.61. The van der Waals surface area contributed by atoms with Gasteiger partial charge in [-0.15, -0.1) is 11.3 Å². The van der Waals surface area contributed by atoms with Crippen molar-refractivity contribution >= 4 is 64.1 Å². The van der Waals surface area contributed by atoms with Gasteiger partial charge in [0, 0.05) is 36.5 Å². The van der Waals surface area contributed by atoms with Crippen molar-refractivity contribution < 1.29 is 0 Å². The van der Waals surface area contributed by atoms with Gasteiger partial charge in [0.15, 0.2) is 0 Å². The van der Waals surface area contributed by atoms with E-state index in [1.54, 1.807) is 0 Å². The van der Waals surface area contributed by atoms with Crippen LogP contribution in [0.1, 0.15) is 44.5 Å². The topological polar surface area (TPSA) is 25.8 Å². The highest BCUT2D eigenvalue weighted by atomic mass is 32.1. The van der Waals surface area contributed by atoms with Crippen LogP contribution in [0.5, 0.6) is 0 Å². The van der Waals surface area contributed by atoms with Crippen molar-refractivity contribution in [3.05, 3.63) is 336 Å². The van der Waals surface area contributed by atoms with E-state index in [4.69, 9.17) is 9.97 Å². The Hall–Kier alpha value is -10.8. The zero-order valence-corrected chi connectivity index (χ0v) is 47.8. The smallest absolute Gasteiger partial charge is 0.0979 e. The summed E-state index contributed by atoms with van der Waals surface area (Å²) in [4.78, 5) is 11.1. The van der Waals surface area contributed by atoms with Crippen LogP contribution >= 0.6 is 11.3 Å². The average molecular weight is 1120 g/mol. The Morgan fingerprint density at radius 3 is 1.10 bits per heavy atom. The largest absolute Gasteiger partial charge is 0.252 e. The molecule has 2 heterocycles. The highest BCUT2D eigenvalue weighted by Gasteiger charge is 2.53. The number of rotatable bonds is 4. The first-order valence-electron chi connectivity index (χ1n) is 30.2. The van der Waals surface area contributed by atoms with Crippen LogP contribution in [0.15, 0.2) is 291 Å². The molecule has 0 unspecified atom stereocenters. The minimum Gasteiger partial charge on any atom is -0.252 e. The standard InChI is InChI=1S/C84H48N2S/c1-8-25-70-56(18-1)57-19-2-9-26-71(57)83(70)74-29-12-5-22-60(74)62-37-32-53(46-76(62)83)50-34-39-65-67(43-50)68-44-51(54-33-38-63-61-23-6-13-30-75(61)84(77(63)47-54)72-27-10-3-20-58(72)59-21-4-11-28-73(59)84)35-40-66(68)82-81(65)85-48-78(86-82)55-17-15-16-49(42-55)52-36-41-80-69(45-52)64-24-7-14-31-79(64)87-80/h1-48H. The molecule has 2 aromatic heterocycles. The van der Waals surface area contributed by atoms with Gasteiger partial charge >= 0.3 is 0 Å². The van der Waals surface area contributed by atoms with Crippen molar-refractivity contribution in [2.75, 3.05) is 0 Å². The maximum absolute atomic E-state index is 5.66. The van der Waals surface area contributed by atoms with Crippen LogP contribution in [0, 0.1) is 0 Å². The quantitative estimate of drug-likeness (QED) is 0.164. The second kappa shape index (κ2) is 17.4. The normalized spacial score (nSPS) is 13.9. The molecule has 0 saturated carbocycles. The van der Waals surface area contributed by atoms with Crippen molar-refractivity contribution in [3.63, 3.8) is 0 Å². The fourth-order valence-electron chi connectivity index (χ4n) is 16.5. The summed E-state index contributed by atoms with van der Waals surface area (Å²) in [5, 5.41) is 7.04. The molecule has 2 nitrogen and oxygen atoms in total. The molecule has 0 N–H and O–H groups in total. The van der Waals surface area contributed by atoms with Gasteiger partial charge in [0.05, 0.1) is 33.8 Å². The summed E-state index contributed by atoms with van der Waals surface area (Å²) in [5.41, 5.74) is 30.9.